The molecule has 0 saturated heterocycles. The van der Waals surface area contributed by atoms with Crippen LogP contribution in [-0.4, -0.2) is 38.9 Å². The second-order valence-corrected chi connectivity index (χ2v) is 10.3. The number of benzene rings is 2. The summed E-state index contributed by atoms with van der Waals surface area (Å²) in [7, 11) is -3.92. The van der Waals surface area contributed by atoms with Crippen molar-refractivity contribution in [3.8, 4) is 16.8 Å². The molecule has 0 bridgehead atoms. The molecule has 178 valence electrons. The topological polar surface area (TPSA) is 94.7 Å². The minimum atomic E-state index is -5.12. The van der Waals surface area contributed by atoms with Crippen molar-refractivity contribution < 1.29 is 30.4 Å². The predicted molar refractivity (Wildman–Crippen MR) is 112 cm³/mol. The first kappa shape index (κ1) is 22.3. The van der Waals surface area contributed by atoms with Crippen LogP contribution < -0.4 is 5.32 Å². The molecule has 0 fully saturated rings. The van der Waals surface area contributed by atoms with Crippen molar-refractivity contribution in [1.82, 2.24) is 24.2 Å². The number of alkyl halides is 3. The number of halogens is 5. The molecule has 4 aromatic rings. The highest BCUT2D eigenvalue weighted by molar-refractivity contribution is 7.89. The molecule has 0 unspecified atom stereocenters. The third-order valence-electron chi connectivity index (χ3n) is 5.59. The third-order valence-corrected chi connectivity index (χ3v) is 6.62. The van der Waals surface area contributed by atoms with E-state index in [4.69, 9.17) is 0 Å². The van der Waals surface area contributed by atoms with E-state index >= 15 is 4.39 Å². The lowest BCUT2D eigenvalue weighted by Crippen LogP contribution is -2.37. The van der Waals surface area contributed by atoms with Gasteiger partial charge in [-0.2, -0.15) is 17.9 Å². The van der Waals surface area contributed by atoms with Gasteiger partial charge in [0, 0.05) is 17.1 Å². The zero-order valence-electron chi connectivity index (χ0n) is 17.7. The second kappa shape index (κ2) is 6.74. The first-order valence-electron chi connectivity index (χ1n) is 9.73. The van der Waals surface area contributed by atoms with Gasteiger partial charge in [0.25, 0.3) is 0 Å². The van der Waals surface area contributed by atoms with Gasteiger partial charge in [0.1, 0.15) is 17.3 Å². The van der Waals surface area contributed by atoms with Gasteiger partial charge < -0.3 is 5.32 Å². The van der Waals surface area contributed by atoms with E-state index in [2.05, 4.69) is 20.8 Å². The minimum Gasteiger partial charge on any atom is -0.371 e. The van der Waals surface area contributed by atoms with Crippen molar-refractivity contribution in [2.75, 3.05) is 11.6 Å². The number of fused-ring (bicyclic) bond motifs is 4. The quantitative estimate of drug-likeness (QED) is 0.419. The predicted octanol–water partition coefficient (Wildman–Crippen LogP) is 4.05. The Labute approximate surface area is 189 Å². The first-order chi connectivity index (χ1) is 15.7. The van der Waals surface area contributed by atoms with Gasteiger partial charge >= 0.3 is 6.18 Å². The smallest absolute Gasteiger partial charge is 0.371 e. The lowest BCUT2D eigenvalue weighted by atomic mass is 9.91. The Morgan fingerprint density at radius 3 is 2.47 bits per heavy atom. The van der Waals surface area contributed by atoms with Crippen molar-refractivity contribution in [1.29, 1.82) is 0 Å². The van der Waals surface area contributed by atoms with Crippen LogP contribution in [-0.2, 0) is 21.7 Å². The fraction of sp³-hybridized carbons (Fsp3) is 0.250. The first-order valence-corrected chi connectivity index (χ1v) is 11.6. The molecule has 0 atom stereocenters. The lowest BCUT2D eigenvalue weighted by Gasteiger charge is -2.34. The van der Waals surface area contributed by atoms with Crippen LogP contribution in [0.25, 0.3) is 27.7 Å². The van der Waals surface area contributed by atoms with Gasteiger partial charge in [-0.15, -0.1) is 5.10 Å². The Balaban J connectivity index is 1.94. The van der Waals surface area contributed by atoms with E-state index in [1.54, 1.807) is 13.8 Å². The van der Waals surface area contributed by atoms with Crippen LogP contribution in [0.2, 0.25) is 0 Å². The maximum atomic E-state index is 15.5. The van der Waals surface area contributed by atoms with Crippen LogP contribution in [0.3, 0.4) is 0 Å². The summed E-state index contributed by atoms with van der Waals surface area (Å²) < 4.78 is 99.3. The Morgan fingerprint density at radius 2 is 1.82 bits per heavy atom. The monoisotopic (exact) mass is 498 g/mol. The molecule has 0 spiro atoms. The number of hydrogen-bond acceptors (Lipinski definition) is 6. The molecule has 2 aromatic heterocycles. The Hall–Kier alpha value is -3.55. The van der Waals surface area contributed by atoms with E-state index in [0.29, 0.717) is 3.97 Å². The molecule has 1 aliphatic heterocycles. The van der Waals surface area contributed by atoms with Gasteiger partial charge in [0.2, 0.25) is 10.0 Å². The molecule has 14 heteroatoms. The maximum absolute atomic E-state index is 15.5. The van der Waals surface area contributed by atoms with Gasteiger partial charge in [-0.05, 0) is 54.1 Å². The van der Waals surface area contributed by atoms with Gasteiger partial charge in [0.05, 0.1) is 28.6 Å². The van der Waals surface area contributed by atoms with Crippen molar-refractivity contribution in [2.45, 2.75) is 25.6 Å². The molecule has 5 rings (SSSR count). The number of anilines is 1. The molecule has 1 N–H and O–H groups in total. The van der Waals surface area contributed by atoms with Gasteiger partial charge in [-0.25, -0.2) is 21.2 Å². The van der Waals surface area contributed by atoms with Crippen LogP contribution >= 0.6 is 0 Å². The largest absolute Gasteiger partial charge is 0.419 e. The van der Waals surface area contributed by atoms with E-state index in [1.165, 1.54) is 6.07 Å². The third kappa shape index (κ3) is 3.15. The van der Waals surface area contributed by atoms with E-state index in [-0.39, 0.29) is 22.4 Å². The average Bonchev–Trinajstić information content (AvgIpc) is 3.32. The van der Waals surface area contributed by atoms with Gasteiger partial charge in [-0.3, -0.25) is 0 Å². The number of nitrogens with one attached hydrogen (secondary N) is 1. The van der Waals surface area contributed by atoms with E-state index in [1.807, 2.05) is 0 Å². The zero-order chi connectivity index (χ0) is 24.8. The van der Waals surface area contributed by atoms with Crippen molar-refractivity contribution in [3.63, 3.8) is 0 Å². The molecular formula is C20H15F5N6O2S. The highest BCUT2D eigenvalue weighted by Crippen LogP contribution is 2.49. The molecule has 0 radical (unpaired) electrons. The summed E-state index contributed by atoms with van der Waals surface area (Å²) in [5.41, 5.74) is -4.87. The number of aromatic nitrogens is 5. The lowest BCUT2D eigenvalue weighted by molar-refractivity contribution is -0.137. The van der Waals surface area contributed by atoms with Crippen molar-refractivity contribution in [3.05, 3.63) is 53.5 Å². The maximum Gasteiger partial charge on any atom is 0.419 e. The molecule has 34 heavy (non-hydrogen) atoms. The highest BCUT2D eigenvalue weighted by Gasteiger charge is 2.45. The van der Waals surface area contributed by atoms with Crippen LogP contribution in [0, 0.1) is 11.6 Å². The molecule has 0 amide bonds. The molecule has 0 aliphatic carbocycles. The van der Waals surface area contributed by atoms with Crippen molar-refractivity contribution in [2.24, 2.45) is 0 Å². The van der Waals surface area contributed by atoms with Gasteiger partial charge in [0.15, 0.2) is 5.82 Å². The molecule has 8 nitrogen and oxygen atoms in total. The fourth-order valence-corrected chi connectivity index (χ4v) is 5.08. The number of nitrogens with zero attached hydrogens (tertiary/aromatic N) is 5. The average molecular weight is 498 g/mol. The summed E-state index contributed by atoms with van der Waals surface area (Å²) in [4.78, 5) is 0. The summed E-state index contributed by atoms with van der Waals surface area (Å²) in [6, 6.07) is 3.63. The molecule has 1 aliphatic rings. The van der Waals surface area contributed by atoms with Crippen LogP contribution in [0.15, 0.2) is 30.5 Å². The Bertz CT molecular complexity index is 1600. The second-order valence-electron chi connectivity index (χ2n) is 8.43. The molecule has 2 aromatic carbocycles. The normalized spacial score (nSPS) is 15.2. The Kier molecular flexibility index (Phi) is 4.41. The summed E-state index contributed by atoms with van der Waals surface area (Å²) in [6.45, 7) is 3.22. The molecule has 3 heterocycles. The summed E-state index contributed by atoms with van der Waals surface area (Å²) in [5.74, 6) is -2.28. The van der Waals surface area contributed by atoms with E-state index in [9.17, 15) is 26.0 Å². The molecular weight excluding hydrogens is 483 g/mol. The van der Waals surface area contributed by atoms with Crippen LogP contribution in [0.1, 0.15) is 25.2 Å². The zero-order valence-corrected chi connectivity index (χ0v) is 18.6. The molecule has 0 saturated carbocycles. The number of rotatable bonds is 2. The summed E-state index contributed by atoms with van der Waals surface area (Å²) >= 11 is 0. The van der Waals surface area contributed by atoms with E-state index in [0.717, 1.165) is 35.3 Å². The number of tetrazole rings is 1. The van der Waals surface area contributed by atoms with Crippen LogP contribution in [0.4, 0.5) is 27.6 Å². The van der Waals surface area contributed by atoms with Gasteiger partial charge in [-0.1, -0.05) is 0 Å². The number of hydrogen-bond donors (Lipinski definition) is 1. The van der Waals surface area contributed by atoms with Crippen LogP contribution in [0.5, 0.6) is 0 Å². The fourth-order valence-electron chi connectivity index (χ4n) is 4.29. The standard InChI is InChI=1S/C20H15F5N6O2S/c1-19(2)18-27-28-29-31(18)17-13(26-19)8-12(22)15(16(17)20(23,24)25)11-6-9(21)7-14-10(11)4-5-30(14)34(3,32)33/h4-8,26H,1-3H3. The summed E-state index contributed by atoms with van der Waals surface area (Å²) in [5, 5.41) is 13.7. The summed E-state index contributed by atoms with van der Waals surface area (Å²) in [6.07, 6.45) is -3.20. The Morgan fingerprint density at radius 1 is 1.12 bits per heavy atom. The highest BCUT2D eigenvalue weighted by atomic mass is 32.2. The van der Waals surface area contributed by atoms with Crippen molar-refractivity contribution >= 4 is 26.6 Å². The minimum absolute atomic E-state index is 0.0516. The van der Waals surface area contributed by atoms with E-state index < -0.39 is 55.8 Å². The SMILES string of the molecule is CC1(C)Nc2cc(F)c(-c3cc(F)cc4c3ccn4S(C)(=O)=O)c(C(F)(F)F)c2-n2nnnc21.